The lowest BCUT2D eigenvalue weighted by molar-refractivity contribution is 0.0677. The van der Waals surface area contributed by atoms with E-state index in [0.29, 0.717) is 17.1 Å². The van der Waals surface area contributed by atoms with Crippen LogP contribution >= 0.6 is 11.6 Å². The molecule has 1 N–H and O–H groups in total. The Kier molecular flexibility index (Phi) is 6.31. The van der Waals surface area contributed by atoms with Crippen molar-refractivity contribution in [1.82, 2.24) is 14.9 Å². The van der Waals surface area contributed by atoms with Crippen molar-refractivity contribution in [1.29, 1.82) is 0 Å². The second-order valence-corrected chi connectivity index (χ2v) is 9.72. The molecule has 1 atom stereocenters. The van der Waals surface area contributed by atoms with Crippen molar-refractivity contribution in [2.45, 2.75) is 45.1 Å². The molecule has 32 heavy (non-hydrogen) atoms. The van der Waals surface area contributed by atoms with Gasteiger partial charge >= 0.3 is 0 Å². The molecular weight excluding hydrogens is 422 g/mol. The van der Waals surface area contributed by atoms with E-state index in [1.165, 1.54) is 0 Å². The number of carbonyl (C=O) groups excluding carboxylic acids is 1. The lowest BCUT2D eigenvalue weighted by Crippen LogP contribution is -2.37. The maximum absolute atomic E-state index is 12.9. The third kappa shape index (κ3) is 4.54. The zero-order valence-electron chi connectivity index (χ0n) is 18.7. The van der Waals surface area contributed by atoms with Gasteiger partial charge in [-0.15, -0.1) is 0 Å². The second-order valence-electron chi connectivity index (χ2n) is 9.31. The number of hydrogen-bond acceptors (Lipinski definition) is 4. The summed E-state index contributed by atoms with van der Waals surface area (Å²) in [5.41, 5.74) is 5.24. The molecule has 1 aliphatic rings. The van der Waals surface area contributed by atoms with Crippen LogP contribution in [0.5, 0.6) is 0 Å². The Bertz CT molecular complexity index is 1140. The Labute approximate surface area is 194 Å². The van der Waals surface area contributed by atoms with Crippen LogP contribution in [0.15, 0.2) is 55.0 Å². The van der Waals surface area contributed by atoms with Gasteiger partial charge in [-0.3, -0.25) is 14.8 Å². The first-order valence-electron chi connectivity index (χ1n) is 10.9. The standard InChI is InChI=1S/C26H28ClN3O2/c1-26(2,3)24-13-17(8-9-29-24)19-11-20(15-28-14-19)22-7-6-18(12-23(22)27)25(32)30-10-4-5-21(30)16-31/h6-9,11-15,21,31H,4-5,10,16H2,1-3H3/t21-/m1/s1. The van der Waals surface area contributed by atoms with E-state index in [2.05, 4.69) is 42.9 Å². The summed E-state index contributed by atoms with van der Waals surface area (Å²) in [5, 5.41) is 10.0. The van der Waals surface area contributed by atoms with Gasteiger partial charge in [0.1, 0.15) is 0 Å². The molecule has 0 bridgehead atoms. The average Bonchev–Trinajstić information content (AvgIpc) is 3.27. The zero-order chi connectivity index (χ0) is 22.9. The van der Waals surface area contributed by atoms with Gasteiger partial charge in [0.15, 0.2) is 0 Å². The van der Waals surface area contributed by atoms with E-state index in [1.54, 1.807) is 23.2 Å². The monoisotopic (exact) mass is 449 g/mol. The number of aliphatic hydroxyl groups excluding tert-OH is 1. The fourth-order valence-corrected chi connectivity index (χ4v) is 4.40. The minimum atomic E-state index is -0.111. The van der Waals surface area contributed by atoms with Crippen LogP contribution in [0.3, 0.4) is 0 Å². The number of pyridine rings is 2. The highest BCUT2D eigenvalue weighted by molar-refractivity contribution is 6.33. The van der Waals surface area contributed by atoms with Gasteiger partial charge in [-0.25, -0.2) is 0 Å². The van der Waals surface area contributed by atoms with E-state index in [-0.39, 0.29) is 24.0 Å². The van der Waals surface area contributed by atoms with Gasteiger partial charge in [0.2, 0.25) is 0 Å². The van der Waals surface area contributed by atoms with Crippen molar-refractivity contribution < 1.29 is 9.90 Å². The maximum atomic E-state index is 12.9. The molecule has 5 nitrogen and oxygen atoms in total. The topological polar surface area (TPSA) is 66.3 Å². The van der Waals surface area contributed by atoms with Crippen molar-refractivity contribution in [3.8, 4) is 22.3 Å². The molecule has 0 spiro atoms. The molecule has 1 aromatic carbocycles. The Hall–Kier alpha value is -2.76. The summed E-state index contributed by atoms with van der Waals surface area (Å²) in [5.74, 6) is -0.0895. The first-order chi connectivity index (χ1) is 15.3. The number of carbonyl (C=O) groups is 1. The van der Waals surface area contributed by atoms with Crippen LogP contribution in [0.4, 0.5) is 0 Å². The molecule has 0 unspecified atom stereocenters. The molecule has 1 fully saturated rings. The molecule has 4 rings (SSSR count). The lowest BCUT2D eigenvalue weighted by atomic mass is 9.90. The zero-order valence-corrected chi connectivity index (χ0v) is 19.4. The summed E-state index contributed by atoms with van der Waals surface area (Å²) in [6.07, 6.45) is 7.18. The number of nitrogens with zero attached hydrogens (tertiary/aromatic N) is 3. The molecule has 1 saturated heterocycles. The summed E-state index contributed by atoms with van der Waals surface area (Å²) in [4.78, 5) is 23.6. The van der Waals surface area contributed by atoms with E-state index in [1.807, 2.05) is 24.5 Å². The van der Waals surface area contributed by atoms with Crippen molar-refractivity contribution in [2.75, 3.05) is 13.2 Å². The van der Waals surface area contributed by atoms with Gasteiger partial charge in [-0.1, -0.05) is 38.4 Å². The number of aromatic nitrogens is 2. The highest BCUT2D eigenvalue weighted by Gasteiger charge is 2.29. The Morgan fingerprint density at radius 1 is 1.12 bits per heavy atom. The average molecular weight is 450 g/mol. The van der Waals surface area contributed by atoms with Crippen molar-refractivity contribution in [3.63, 3.8) is 0 Å². The van der Waals surface area contributed by atoms with Crippen molar-refractivity contribution >= 4 is 17.5 Å². The lowest BCUT2D eigenvalue weighted by Gasteiger charge is -2.23. The predicted molar refractivity (Wildman–Crippen MR) is 128 cm³/mol. The molecule has 1 amide bonds. The van der Waals surface area contributed by atoms with Crippen LogP contribution in [0.25, 0.3) is 22.3 Å². The Morgan fingerprint density at radius 2 is 1.91 bits per heavy atom. The summed E-state index contributed by atoms with van der Waals surface area (Å²) < 4.78 is 0. The Balaban J connectivity index is 1.63. The van der Waals surface area contributed by atoms with Crippen LogP contribution in [0, 0.1) is 0 Å². The third-order valence-corrected chi connectivity index (χ3v) is 6.29. The normalized spacial score (nSPS) is 16.4. The van der Waals surface area contributed by atoms with Crippen LogP contribution in [-0.2, 0) is 5.41 Å². The fraction of sp³-hybridized carbons (Fsp3) is 0.346. The van der Waals surface area contributed by atoms with Gasteiger partial charge in [0.05, 0.1) is 12.6 Å². The van der Waals surface area contributed by atoms with Crippen molar-refractivity contribution in [3.05, 3.63) is 71.3 Å². The minimum Gasteiger partial charge on any atom is -0.394 e. The molecule has 6 heteroatoms. The maximum Gasteiger partial charge on any atom is 0.254 e. The molecule has 0 aliphatic carbocycles. The third-order valence-electron chi connectivity index (χ3n) is 5.98. The molecule has 0 radical (unpaired) electrons. The summed E-state index contributed by atoms with van der Waals surface area (Å²) >= 11 is 6.61. The highest BCUT2D eigenvalue weighted by atomic mass is 35.5. The van der Waals surface area contributed by atoms with Crippen LogP contribution in [0.1, 0.15) is 49.7 Å². The SMILES string of the molecule is CC(C)(C)c1cc(-c2cncc(-c3ccc(C(=O)N4CCC[C@@H]4CO)cc3Cl)c2)ccn1. The number of rotatable bonds is 4. The van der Waals surface area contributed by atoms with E-state index in [4.69, 9.17) is 11.6 Å². The molecule has 3 aromatic rings. The van der Waals surface area contributed by atoms with E-state index >= 15 is 0 Å². The number of amides is 1. The van der Waals surface area contributed by atoms with Crippen molar-refractivity contribution in [2.24, 2.45) is 0 Å². The van der Waals surface area contributed by atoms with Gasteiger partial charge in [-0.2, -0.15) is 0 Å². The number of likely N-dealkylation sites (tertiary alicyclic amines) is 1. The summed E-state index contributed by atoms with van der Waals surface area (Å²) in [6, 6.07) is 11.4. The molecule has 2 aromatic heterocycles. The highest BCUT2D eigenvalue weighted by Crippen LogP contribution is 2.33. The van der Waals surface area contributed by atoms with Crippen LogP contribution in [0.2, 0.25) is 5.02 Å². The molecule has 0 saturated carbocycles. The number of halogens is 1. The van der Waals surface area contributed by atoms with Gasteiger partial charge < -0.3 is 10.0 Å². The van der Waals surface area contributed by atoms with E-state index in [0.717, 1.165) is 40.8 Å². The minimum absolute atomic E-state index is 0.0120. The first kappa shape index (κ1) is 22.4. The summed E-state index contributed by atoms with van der Waals surface area (Å²) in [7, 11) is 0. The van der Waals surface area contributed by atoms with Gasteiger partial charge in [0, 0.05) is 63.5 Å². The smallest absolute Gasteiger partial charge is 0.254 e. The molecule has 1 aliphatic heterocycles. The van der Waals surface area contributed by atoms with Crippen LogP contribution in [-0.4, -0.2) is 45.1 Å². The molecule has 166 valence electrons. The number of aliphatic hydroxyl groups is 1. The van der Waals surface area contributed by atoms with Gasteiger partial charge in [0.25, 0.3) is 5.91 Å². The van der Waals surface area contributed by atoms with Gasteiger partial charge in [-0.05, 0) is 48.7 Å². The van der Waals surface area contributed by atoms with Crippen LogP contribution < -0.4 is 0 Å². The van der Waals surface area contributed by atoms with E-state index in [9.17, 15) is 9.90 Å². The Morgan fingerprint density at radius 3 is 2.62 bits per heavy atom. The molecular formula is C26H28ClN3O2. The first-order valence-corrected chi connectivity index (χ1v) is 11.3. The molecule has 3 heterocycles. The second kappa shape index (κ2) is 9.00. The quantitative estimate of drug-likeness (QED) is 0.582. The predicted octanol–water partition coefficient (Wildman–Crippen LogP) is 5.36. The fourth-order valence-electron chi connectivity index (χ4n) is 4.11. The number of benzene rings is 1. The number of hydrogen-bond donors (Lipinski definition) is 1. The largest absolute Gasteiger partial charge is 0.394 e. The van der Waals surface area contributed by atoms with E-state index < -0.39 is 0 Å². The summed E-state index contributed by atoms with van der Waals surface area (Å²) in [6.45, 7) is 7.07.